The molecule has 4 aliphatic carbocycles. The molecule has 4 saturated carbocycles. The van der Waals surface area contributed by atoms with E-state index in [2.05, 4.69) is 16.6 Å². The third-order valence-electron chi connectivity index (χ3n) is 8.00. The molecule has 0 amide bonds. The van der Waals surface area contributed by atoms with Gasteiger partial charge in [0.25, 0.3) is 0 Å². The molecule has 0 N–H and O–H groups in total. The molecule has 7 rings (SSSR count). The van der Waals surface area contributed by atoms with Crippen molar-refractivity contribution in [3.05, 3.63) is 42.1 Å². The van der Waals surface area contributed by atoms with Gasteiger partial charge in [-0.15, -0.1) is 0 Å². The number of rotatable bonds is 4. The third kappa shape index (κ3) is 2.65. The molecule has 3 heterocycles. The molecule has 0 spiro atoms. The van der Waals surface area contributed by atoms with Crippen LogP contribution in [0, 0.1) is 30.1 Å². The van der Waals surface area contributed by atoms with E-state index in [9.17, 15) is 4.79 Å². The van der Waals surface area contributed by atoms with Crippen molar-refractivity contribution in [2.24, 2.45) is 23.2 Å². The summed E-state index contributed by atoms with van der Waals surface area (Å²) in [4.78, 5) is 17.0. The average molecular weight is 405 g/mol. The van der Waals surface area contributed by atoms with Crippen LogP contribution in [0.1, 0.15) is 54.6 Å². The summed E-state index contributed by atoms with van der Waals surface area (Å²) in [5.74, 6) is 2.43. The lowest BCUT2D eigenvalue weighted by Gasteiger charge is -2.56. The molecule has 3 aromatic heterocycles. The summed E-state index contributed by atoms with van der Waals surface area (Å²) >= 11 is 0. The van der Waals surface area contributed by atoms with Gasteiger partial charge in [0.2, 0.25) is 0 Å². The predicted octanol–water partition coefficient (Wildman–Crippen LogP) is 4.51. The van der Waals surface area contributed by atoms with Crippen molar-refractivity contribution in [3.63, 3.8) is 0 Å². The van der Waals surface area contributed by atoms with Crippen LogP contribution in [0.5, 0.6) is 0 Å². The molecule has 30 heavy (non-hydrogen) atoms. The second kappa shape index (κ2) is 6.43. The number of imidazole rings is 1. The zero-order valence-electron chi connectivity index (χ0n) is 17.7. The Balaban J connectivity index is 1.39. The lowest BCUT2D eigenvalue weighted by atomic mass is 9.49. The SMILES string of the molecule is COC(=O)c1c(-c2cnn(CC34CC5CC(CC(C5)C3)C4)c2C)ccn2ccnc12. The number of aromatic nitrogens is 4. The standard InChI is InChI=1S/C24H28N4O2/c1-15-20(19-3-5-27-6-4-25-22(27)21(19)23(29)30-2)13-26-28(15)14-24-10-16-7-17(11-24)9-18(8-16)12-24/h3-6,13,16-18H,7-12,14H2,1-2H3. The van der Waals surface area contributed by atoms with E-state index in [1.54, 1.807) is 6.20 Å². The van der Waals surface area contributed by atoms with Crippen molar-refractivity contribution in [3.8, 4) is 11.1 Å². The molecule has 6 nitrogen and oxygen atoms in total. The Bertz CT molecular complexity index is 1110. The second-order valence-electron chi connectivity index (χ2n) is 9.97. The summed E-state index contributed by atoms with van der Waals surface area (Å²) in [5.41, 5.74) is 4.49. The maximum Gasteiger partial charge on any atom is 0.342 e. The number of methoxy groups -OCH3 is 1. The minimum absolute atomic E-state index is 0.366. The molecule has 4 fully saturated rings. The lowest BCUT2D eigenvalue weighted by Crippen LogP contribution is -2.48. The lowest BCUT2D eigenvalue weighted by molar-refractivity contribution is -0.0638. The first-order chi connectivity index (χ1) is 14.5. The number of ether oxygens (including phenoxy) is 1. The Morgan fingerprint density at radius 1 is 1.13 bits per heavy atom. The molecule has 0 saturated heterocycles. The number of esters is 1. The molecule has 0 radical (unpaired) electrons. The van der Waals surface area contributed by atoms with E-state index in [-0.39, 0.29) is 5.97 Å². The predicted molar refractivity (Wildman–Crippen MR) is 113 cm³/mol. The summed E-state index contributed by atoms with van der Waals surface area (Å²) < 4.78 is 9.14. The van der Waals surface area contributed by atoms with E-state index >= 15 is 0 Å². The zero-order valence-corrected chi connectivity index (χ0v) is 17.7. The van der Waals surface area contributed by atoms with Crippen LogP contribution in [0.4, 0.5) is 0 Å². The maximum absolute atomic E-state index is 12.6. The fourth-order valence-corrected chi connectivity index (χ4v) is 7.19. The Morgan fingerprint density at radius 2 is 1.83 bits per heavy atom. The number of carbonyl (C=O) groups excluding carboxylic acids is 1. The maximum atomic E-state index is 12.6. The zero-order chi connectivity index (χ0) is 20.5. The fraction of sp³-hybridized carbons (Fsp3) is 0.542. The highest BCUT2D eigenvalue weighted by Crippen LogP contribution is 2.60. The van der Waals surface area contributed by atoms with Crippen LogP contribution in [0.2, 0.25) is 0 Å². The van der Waals surface area contributed by atoms with Gasteiger partial charge in [0.1, 0.15) is 5.56 Å². The minimum atomic E-state index is -0.366. The van der Waals surface area contributed by atoms with Crippen molar-refractivity contribution in [1.82, 2.24) is 19.2 Å². The molecule has 6 heteroatoms. The first-order valence-electron chi connectivity index (χ1n) is 11.1. The molecule has 0 aromatic carbocycles. The highest BCUT2D eigenvalue weighted by atomic mass is 16.5. The Labute approximate surface area is 176 Å². The van der Waals surface area contributed by atoms with E-state index in [4.69, 9.17) is 9.84 Å². The van der Waals surface area contributed by atoms with Gasteiger partial charge in [0.05, 0.1) is 13.3 Å². The molecule has 156 valence electrons. The van der Waals surface area contributed by atoms with Gasteiger partial charge >= 0.3 is 5.97 Å². The molecule has 4 aliphatic rings. The van der Waals surface area contributed by atoms with Crippen molar-refractivity contribution >= 4 is 11.6 Å². The number of hydrogen-bond acceptors (Lipinski definition) is 4. The number of pyridine rings is 1. The number of hydrogen-bond donors (Lipinski definition) is 0. The van der Waals surface area contributed by atoms with E-state index in [1.165, 1.54) is 45.6 Å². The van der Waals surface area contributed by atoms with E-state index in [0.717, 1.165) is 41.1 Å². The summed E-state index contributed by atoms with van der Waals surface area (Å²) in [6.45, 7) is 3.13. The molecule has 0 atom stereocenters. The van der Waals surface area contributed by atoms with Gasteiger partial charge in [-0.25, -0.2) is 9.78 Å². The van der Waals surface area contributed by atoms with Crippen LogP contribution in [0.3, 0.4) is 0 Å². The Kier molecular flexibility index (Phi) is 3.89. The minimum Gasteiger partial charge on any atom is -0.465 e. The number of fused-ring (bicyclic) bond motifs is 1. The largest absolute Gasteiger partial charge is 0.465 e. The van der Waals surface area contributed by atoms with E-state index in [1.807, 2.05) is 29.1 Å². The third-order valence-corrected chi connectivity index (χ3v) is 8.00. The summed E-state index contributed by atoms with van der Waals surface area (Å²) in [7, 11) is 1.42. The number of nitrogens with zero attached hydrogens (tertiary/aromatic N) is 4. The van der Waals surface area contributed by atoms with E-state index < -0.39 is 0 Å². The van der Waals surface area contributed by atoms with Crippen LogP contribution in [-0.4, -0.2) is 32.2 Å². The molecule has 0 aliphatic heterocycles. The van der Waals surface area contributed by atoms with E-state index in [0.29, 0.717) is 16.6 Å². The fourth-order valence-electron chi connectivity index (χ4n) is 7.19. The van der Waals surface area contributed by atoms with Crippen molar-refractivity contribution in [1.29, 1.82) is 0 Å². The van der Waals surface area contributed by atoms with Gasteiger partial charge in [-0.2, -0.15) is 5.10 Å². The first kappa shape index (κ1) is 18.2. The van der Waals surface area contributed by atoms with Gasteiger partial charge in [-0.05, 0) is 74.7 Å². The summed E-state index contributed by atoms with van der Waals surface area (Å²) in [6.07, 6.45) is 15.9. The average Bonchev–Trinajstić information content (AvgIpc) is 3.32. The van der Waals surface area contributed by atoms with Crippen molar-refractivity contribution in [2.75, 3.05) is 7.11 Å². The second-order valence-corrected chi connectivity index (χ2v) is 9.97. The monoisotopic (exact) mass is 404 g/mol. The Hall–Kier alpha value is -2.63. The summed E-state index contributed by atoms with van der Waals surface area (Å²) in [6, 6.07) is 1.97. The van der Waals surface area contributed by atoms with Gasteiger partial charge in [0, 0.05) is 42.0 Å². The van der Waals surface area contributed by atoms with Gasteiger partial charge in [-0.1, -0.05) is 0 Å². The van der Waals surface area contributed by atoms with Gasteiger partial charge in [-0.3, -0.25) is 4.68 Å². The quantitative estimate of drug-likeness (QED) is 0.600. The molecule has 3 aromatic rings. The molecular formula is C24H28N4O2. The highest BCUT2D eigenvalue weighted by Gasteiger charge is 2.51. The molecular weight excluding hydrogens is 376 g/mol. The van der Waals surface area contributed by atoms with Crippen LogP contribution in [0.15, 0.2) is 30.9 Å². The van der Waals surface area contributed by atoms with Crippen LogP contribution in [0.25, 0.3) is 16.8 Å². The Morgan fingerprint density at radius 3 is 2.50 bits per heavy atom. The van der Waals surface area contributed by atoms with Crippen molar-refractivity contribution < 1.29 is 9.53 Å². The van der Waals surface area contributed by atoms with Gasteiger partial charge in [0.15, 0.2) is 5.65 Å². The molecule has 0 unspecified atom stereocenters. The van der Waals surface area contributed by atoms with Gasteiger partial charge < -0.3 is 9.14 Å². The molecule has 4 bridgehead atoms. The smallest absolute Gasteiger partial charge is 0.342 e. The van der Waals surface area contributed by atoms with Crippen molar-refractivity contribution in [2.45, 2.75) is 52.0 Å². The first-order valence-corrected chi connectivity index (χ1v) is 11.1. The normalized spacial score (nSPS) is 29.6. The van der Waals surface area contributed by atoms with Crippen LogP contribution < -0.4 is 0 Å². The van der Waals surface area contributed by atoms with Crippen LogP contribution >= 0.6 is 0 Å². The topological polar surface area (TPSA) is 61.4 Å². The highest BCUT2D eigenvalue weighted by molar-refractivity contribution is 6.03. The number of carbonyl (C=O) groups is 1. The summed E-state index contributed by atoms with van der Waals surface area (Å²) in [5, 5.41) is 4.80. The van der Waals surface area contributed by atoms with Crippen LogP contribution in [-0.2, 0) is 11.3 Å².